The first-order valence-corrected chi connectivity index (χ1v) is 6.56. The van der Waals surface area contributed by atoms with Crippen molar-refractivity contribution in [2.24, 2.45) is 10.9 Å². The van der Waals surface area contributed by atoms with Crippen molar-refractivity contribution in [3.8, 4) is 5.75 Å². The van der Waals surface area contributed by atoms with E-state index in [2.05, 4.69) is 23.9 Å². The van der Waals surface area contributed by atoms with Crippen LogP contribution in [0.15, 0.2) is 23.4 Å². The lowest BCUT2D eigenvalue weighted by atomic mass is 10.1. The van der Waals surface area contributed by atoms with Crippen molar-refractivity contribution in [3.05, 3.63) is 29.3 Å². The second-order valence-electron chi connectivity index (χ2n) is 4.34. The Bertz CT molecular complexity index is 429. The van der Waals surface area contributed by atoms with Gasteiger partial charge in [-0.05, 0) is 43.8 Å². The molecule has 0 saturated carbocycles. The van der Waals surface area contributed by atoms with Crippen molar-refractivity contribution in [1.82, 2.24) is 4.90 Å². The zero-order valence-corrected chi connectivity index (χ0v) is 11.9. The van der Waals surface area contributed by atoms with Crippen molar-refractivity contribution in [1.29, 1.82) is 0 Å². The van der Waals surface area contributed by atoms with E-state index in [1.54, 1.807) is 6.07 Å². The first-order chi connectivity index (χ1) is 9.12. The lowest BCUT2D eigenvalue weighted by Crippen LogP contribution is -2.27. The summed E-state index contributed by atoms with van der Waals surface area (Å²) in [4.78, 5) is 2.30. The van der Waals surface area contributed by atoms with Crippen LogP contribution in [0.3, 0.4) is 0 Å². The molecule has 0 amide bonds. The minimum absolute atomic E-state index is 0.118. The summed E-state index contributed by atoms with van der Waals surface area (Å²) in [6, 6.07) is 5.54. The normalized spacial score (nSPS) is 11.9. The molecule has 0 aliphatic carbocycles. The number of amidine groups is 1. The van der Waals surface area contributed by atoms with Crippen molar-refractivity contribution >= 4 is 5.84 Å². The average Bonchev–Trinajstić information content (AvgIpc) is 2.43. The maximum absolute atomic E-state index is 8.66. The lowest BCUT2D eigenvalue weighted by Gasteiger charge is -2.18. The average molecular weight is 265 g/mol. The molecule has 1 aromatic carbocycles. The molecule has 0 bridgehead atoms. The van der Waals surface area contributed by atoms with Crippen LogP contribution in [0.25, 0.3) is 0 Å². The van der Waals surface area contributed by atoms with Gasteiger partial charge in [0.05, 0.1) is 0 Å². The summed E-state index contributed by atoms with van der Waals surface area (Å²) in [5, 5.41) is 11.7. The number of rotatable bonds is 7. The van der Waals surface area contributed by atoms with E-state index in [9.17, 15) is 0 Å². The second-order valence-corrected chi connectivity index (χ2v) is 4.34. The predicted octanol–water partition coefficient (Wildman–Crippen LogP) is 1.81. The standard InChI is InChI=1S/C14H23N3O2/c1-4-17(5-2)8-9-19-12-6-7-13(11(3)10-12)14(15)16-18/h6-7,10,18H,4-5,8-9H2,1-3H3,(H2,15,16). The zero-order valence-electron chi connectivity index (χ0n) is 11.9. The van der Waals surface area contributed by atoms with Gasteiger partial charge in [0.2, 0.25) is 0 Å². The van der Waals surface area contributed by atoms with Gasteiger partial charge in [0, 0.05) is 12.1 Å². The van der Waals surface area contributed by atoms with Crippen molar-refractivity contribution in [2.45, 2.75) is 20.8 Å². The molecule has 19 heavy (non-hydrogen) atoms. The molecule has 0 fully saturated rings. The number of ether oxygens (including phenoxy) is 1. The van der Waals surface area contributed by atoms with Gasteiger partial charge in [-0.3, -0.25) is 0 Å². The van der Waals surface area contributed by atoms with Gasteiger partial charge in [0.25, 0.3) is 0 Å². The van der Waals surface area contributed by atoms with Gasteiger partial charge >= 0.3 is 0 Å². The van der Waals surface area contributed by atoms with Gasteiger partial charge in [0.1, 0.15) is 12.4 Å². The summed E-state index contributed by atoms with van der Waals surface area (Å²) in [5.41, 5.74) is 7.22. The van der Waals surface area contributed by atoms with Crippen LogP contribution in [-0.2, 0) is 0 Å². The third-order valence-electron chi connectivity index (χ3n) is 3.15. The fourth-order valence-electron chi connectivity index (χ4n) is 1.90. The summed E-state index contributed by atoms with van der Waals surface area (Å²) in [6.07, 6.45) is 0. The molecule has 0 aliphatic rings. The number of nitrogens with zero attached hydrogens (tertiary/aromatic N) is 2. The molecule has 3 N–H and O–H groups in total. The summed E-state index contributed by atoms with van der Waals surface area (Å²) in [7, 11) is 0. The molecule has 5 heteroatoms. The smallest absolute Gasteiger partial charge is 0.170 e. The quantitative estimate of drug-likeness (QED) is 0.341. The number of nitrogens with two attached hydrogens (primary N) is 1. The Morgan fingerprint density at radius 1 is 1.37 bits per heavy atom. The first kappa shape index (κ1) is 15.3. The molecule has 1 rings (SSSR count). The number of likely N-dealkylation sites (N-methyl/N-ethyl adjacent to an activating group) is 1. The Morgan fingerprint density at radius 2 is 2.05 bits per heavy atom. The maximum atomic E-state index is 8.66. The molecule has 0 aromatic heterocycles. The van der Waals surface area contributed by atoms with E-state index in [4.69, 9.17) is 15.7 Å². The molecule has 0 saturated heterocycles. The highest BCUT2D eigenvalue weighted by Gasteiger charge is 2.05. The number of hydrogen-bond donors (Lipinski definition) is 2. The molecule has 0 aliphatic heterocycles. The van der Waals surface area contributed by atoms with Crippen LogP contribution in [0.5, 0.6) is 5.75 Å². The molecule has 0 unspecified atom stereocenters. The highest BCUT2D eigenvalue weighted by Crippen LogP contribution is 2.17. The second kappa shape index (κ2) is 7.63. The summed E-state index contributed by atoms with van der Waals surface area (Å²) in [6.45, 7) is 9.81. The van der Waals surface area contributed by atoms with Crippen molar-refractivity contribution < 1.29 is 9.94 Å². The van der Waals surface area contributed by atoms with Gasteiger partial charge in [0.15, 0.2) is 5.84 Å². The van der Waals surface area contributed by atoms with Gasteiger partial charge in [-0.2, -0.15) is 0 Å². The highest BCUT2D eigenvalue weighted by atomic mass is 16.5. The Kier molecular flexibility index (Phi) is 6.15. The summed E-state index contributed by atoms with van der Waals surface area (Å²) in [5.74, 6) is 0.923. The Balaban J connectivity index is 2.59. The Hall–Kier alpha value is -1.75. The summed E-state index contributed by atoms with van der Waals surface area (Å²) >= 11 is 0. The minimum Gasteiger partial charge on any atom is -0.492 e. The third kappa shape index (κ3) is 4.44. The summed E-state index contributed by atoms with van der Waals surface area (Å²) < 4.78 is 5.70. The van der Waals surface area contributed by atoms with E-state index in [1.165, 1.54) is 0 Å². The number of aryl methyl sites for hydroxylation is 1. The molecule has 0 radical (unpaired) electrons. The van der Waals surface area contributed by atoms with Gasteiger partial charge in [-0.25, -0.2) is 0 Å². The van der Waals surface area contributed by atoms with Crippen LogP contribution in [0.2, 0.25) is 0 Å². The topological polar surface area (TPSA) is 71.1 Å². The van der Waals surface area contributed by atoms with Gasteiger partial charge in [-0.1, -0.05) is 19.0 Å². The number of oxime groups is 1. The van der Waals surface area contributed by atoms with Crippen LogP contribution in [0.1, 0.15) is 25.0 Å². The van der Waals surface area contributed by atoms with E-state index in [1.807, 2.05) is 19.1 Å². The Labute approximate surface area is 114 Å². The minimum atomic E-state index is 0.118. The van der Waals surface area contributed by atoms with Crippen molar-refractivity contribution in [2.75, 3.05) is 26.2 Å². The van der Waals surface area contributed by atoms with E-state index in [-0.39, 0.29) is 5.84 Å². The molecular weight excluding hydrogens is 242 g/mol. The largest absolute Gasteiger partial charge is 0.492 e. The molecule has 0 atom stereocenters. The maximum Gasteiger partial charge on any atom is 0.170 e. The third-order valence-corrected chi connectivity index (χ3v) is 3.15. The monoisotopic (exact) mass is 265 g/mol. The van der Waals surface area contributed by atoms with Crippen LogP contribution in [0.4, 0.5) is 0 Å². The highest BCUT2D eigenvalue weighted by molar-refractivity contribution is 5.98. The number of hydrogen-bond acceptors (Lipinski definition) is 4. The molecule has 106 valence electrons. The van der Waals surface area contributed by atoms with Crippen LogP contribution < -0.4 is 10.5 Å². The fraction of sp³-hybridized carbons (Fsp3) is 0.500. The fourth-order valence-corrected chi connectivity index (χ4v) is 1.90. The van der Waals surface area contributed by atoms with E-state index in [0.717, 1.165) is 36.5 Å². The van der Waals surface area contributed by atoms with Gasteiger partial charge < -0.3 is 20.6 Å². The van der Waals surface area contributed by atoms with E-state index in [0.29, 0.717) is 6.61 Å². The van der Waals surface area contributed by atoms with Gasteiger partial charge in [-0.15, -0.1) is 0 Å². The molecule has 1 aromatic rings. The zero-order chi connectivity index (χ0) is 14.3. The van der Waals surface area contributed by atoms with Crippen LogP contribution in [-0.4, -0.2) is 42.2 Å². The lowest BCUT2D eigenvalue weighted by molar-refractivity contribution is 0.222. The molecular formula is C14H23N3O2. The predicted molar refractivity (Wildman–Crippen MR) is 77.0 cm³/mol. The Morgan fingerprint density at radius 3 is 2.58 bits per heavy atom. The SMILES string of the molecule is CCN(CC)CCOc1ccc(/C(N)=N/O)c(C)c1. The van der Waals surface area contributed by atoms with Crippen molar-refractivity contribution in [3.63, 3.8) is 0 Å². The first-order valence-electron chi connectivity index (χ1n) is 6.56. The number of benzene rings is 1. The van der Waals surface area contributed by atoms with Crippen LogP contribution in [0, 0.1) is 6.92 Å². The molecule has 0 heterocycles. The van der Waals surface area contributed by atoms with Crippen LogP contribution >= 0.6 is 0 Å². The van der Waals surface area contributed by atoms with E-state index >= 15 is 0 Å². The molecule has 5 nitrogen and oxygen atoms in total. The molecule has 0 spiro atoms. The van der Waals surface area contributed by atoms with E-state index < -0.39 is 0 Å².